The first-order valence-corrected chi connectivity index (χ1v) is 12.5. The van der Waals surface area contributed by atoms with Gasteiger partial charge in [-0.15, -0.1) is 0 Å². The molecule has 0 unspecified atom stereocenters. The van der Waals surface area contributed by atoms with Crippen molar-refractivity contribution >= 4 is 33.8 Å². The zero-order valence-corrected chi connectivity index (χ0v) is 19.1. The van der Waals surface area contributed by atoms with Gasteiger partial charge in [0.1, 0.15) is 11.4 Å². The van der Waals surface area contributed by atoms with Gasteiger partial charge in [0.05, 0.1) is 4.90 Å². The van der Waals surface area contributed by atoms with Gasteiger partial charge in [0.2, 0.25) is 15.9 Å². The largest absolute Gasteiger partial charge is 0.354 e. The third kappa shape index (κ3) is 4.49. The molecular weight excluding hydrogens is 438 g/mol. The van der Waals surface area contributed by atoms with E-state index in [0.717, 1.165) is 24.0 Å². The van der Waals surface area contributed by atoms with E-state index in [1.165, 1.54) is 9.87 Å². The van der Waals surface area contributed by atoms with Crippen molar-refractivity contribution in [2.75, 3.05) is 11.9 Å². The maximum Gasteiger partial charge on any atom is 0.243 e. The molecule has 33 heavy (non-hydrogen) atoms. The maximum absolute atomic E-state index is 13.1. The summed E-state index contributed by atoms with van der Waals surface area (Å²) in [5.41, 5.74) is 4.27. The Balaban J connectivity index is 1.30. The average Bonchev–Trinajstić information content (AvgIpc) is 3.63. The van der Waals surface area contributed by atoms with Gasteiger partial charge in [-0.1, -0.05) is 47.6 Å². The SMILES string of the molecule is Cc1noc(/C=C\c2ccc(S(=O)(=O)N3CCc4ccccc4C3)cc2)c1NC(=O)C1CC1. The highest BCUT2D eigenvalue weighted by atomic mass is 32.2. The van der Waals surface area contributed by atoms with Crippen LogP contribution < -0.4 is 5.32 Å². The van der Waals surface area contributed by atoms with E-state index < -0.39 is 10.0 Å². The lowest BCUT2D eigenvalue weighted by Crippen LogP contribution is -2.35. The van der Waals surface area contributed by atoms with E-state index in [4.69, 9.17) is 4.52 Å². The second-order valence-electron chi connectivity index (χ2n) is 8.53. The van der Waals surface area contributed by atoms with Gasteiger partial charge in [0, 0.05) is 19.0 Å². The van der Waals surface area contributed by atoms with Crippen LogP contribution in [0, 0.1) is 12.8 Å². The third-order valence-electron chi connectivity index (χ3n) is 6.13. The standard InChI is InChI=1S/C25H25N3O4S/c1-17-24(26-25(29)20-9-10-20)23(32-27-17)13-8-18-6-11-22(12-7-18)33(30,31)28-15-14-19-4-2-3-5-21(19)16-28/h2-8,11-13,20H,9-10,14-16H2,1H3,(H,26,29)/b13-8-. The Kier molecular flexibility index (Phi) is 5.64. The van der Waals surface area contributed by atoms with Crippen molar-refractivity contribution in [3.8, 4) is 0 Å². The van der Waals surface area contributed by atoms with Crippen molar-refractivity contribution < 1.29 is 17.7 Å². The first-order chi connectivity index (χ1) is 15.9. The number of aromatic nitrogens is 1. The molecule has 0 saturated heterocycles. The fraction of sp³-hybridized carbons (Fsp3) is 0.280. The van der Waals surface area contributed by atoms with E-state index in [1.54, 1.807) is 43.3 Å². The highest BCUT2D eigenvalue weighted by molar-refractivity contribution is 7.89. The van der Waals surface area contributed by atoms with Gasteiger partial charge in [-0.3, -0.25) is 4.79 Å². The number of sulfonamides is 1. The van der Waals surface area contributed by atoms with Crippen molar-refractivity contribution in [2.45, 2.75) is 37.6 Å². The molecule has 2 heterocycles. The summed E-state index contributed by atoms with van der Waals surface area (Å²) in [6.45, 7) is 2.64. The average molecular weight is 464 g/mol. The minimum Gasteiger partial charge on any atom is -0.354 e. The summed E-state index contributed by atoms with van der Waals surface area (Å²) in [6, 6.07) is 14.7. The molecule has 1 aromatic heterocycles. The number of carbonyl (C=O) groups is 1. The lowest BCUT2D eigenvalue weighted by atomic mass is 10.0. The second kappa shape index (κ2) is 8.61. The Bertz CT molecular complexity index is 1320. The van der Waals surface area contributed by atoms with E-state index in [1.807, 2.05) is 18.2 Å². The molecule has 8 heteroatoms. The van der Waals surface area contributed by atoms with Crippen LogP contribution in [0.4, 0.5) is 5.69 Å². The van der Waals surface area contributed by atoms with Crippen LogP contribution >= 0.6 is 0 Å². The minimum atomic E-state index is -3.57. The van der Waals surface area contributed by atoms with Crippen LogP contribution in [-0.4, -0.2) is 30.3 Å². The van der Waals surface area contributed by atoms with Gasteiger partial charge in [0.25, 0.3) is 0 Å². The van der Waals surface area contributed by atoms with E-state index in [-0.39, 0.29) is 16.7 Å². The van der Waals surface area contributed by atoms with Crippen molar-refractivity contribution in [1.82, 2.24) is 9.46 Å². The molecule has 0 bridgehead atoms. The van der Waals surface area contributed by atoms with Gasteiger partial charge >= 0.3 is 0 Å². The van der Waals surface area contributed by atoms with Crippen LogP contribution in [0.2, 0.25) is 0 Å². The zero-order valence-electron chi connectivity index (χ0n) is 18.3. The number of carbonyl (C=O) groups excluding carboxylic acids is 1. The lowest BCUT2D eigenvalue weighted by molar-refractivity contribution is -0.117. The summed E-state index contributed by atoms with van der Waals surface area (Å²) in [7, 11) is -3.57. The molecule has 5 rings (SSSR count). The summed E-state index contributed by atoms with van der Waals surface area (Å²) in [4.78, 5) is 12.4. The summed E-state index contributed by atoms with van der Waals surface area (Å²) in [6.07, 6.45) is 6.08. The summed E-state index contributed by atoms with van der Waals surface area (Å²) < 4.78 is 33.2. The monoisotopic (exact) mass is 463 g/mol. The van der Waals surface area contributed by atoms with E-state index in [0.29, 0.717) is 36.7 Å². The number of fused-ring (bicyclic) bond motifs is 1. The Labute approximate surface area is 193 Å². The molecule has 1 amide bonds. The number of anilines is 1. The van der Waals surface area contributed by atoms with Gasteiger partial charge in [-0.2, -0.15) is 4.31 Å². The fourth-order valence-corrected chi connectivity index (χ4v) is 5.39. The van der Waals surface area contributed by atoms with Crippen molar-refractivity contribution in [3.05, 3.63) is 76.7 Å². The molecule has 3 aromatic rings. The number of hydrogen-bond donors (Lipinski definition) is 1. The van der Waals surface area contributed by atoms with Crippen LogP contribution in [0.15, 0.2) is 57.9 Å². The number of hydrogen-bond acceptors (Lipinski definition) is 5. The van der Waals surface area contributed by atoms with Crippen molar-refractivity contribution in [1.29, 1.82) is 0 Å². The lowest BCUT2D eigenvalue weighted by Gasteiger charge is -2.28. The number of aryl methyl sites for hydroxylation is 1. The Morgan fingerprint density at radius 1 is 1.09 bits per heavy atom. The molecule has 1 aliphatic heterocycles. The molecule has 1 aliphatic carbocycles. The minimum absolute atomic E-state index is 0.00848. The normalized spacial score (nSPS) is 16.6. The molecule has 2 aromatic carbocycles. The second-order valence-corrected chi connectivity index (χ2v) is 10.5. The van der Waals surface area contributed by atoms with Crippen molar-refractivity contribution in [3.63, 3.8) is 0 Å². The number of nitrogens with zero attached hydrogens (tertiary/aromatic N) is 2. The Morgan fingerprint density at radius 2 is 1.82 bits per heavy atom. The molecular formula is C25H25N3O4S. The van der Waals surface area contributed by atoms with Crippen LogP contribution in [0.1, 0.15) is 41.0 Å². The topological polar surface area (TPSA) is 92.5 Å². The summed E-state index contributed by atoms with van der Waals surface area (Å²) in [5, 5.41) is 6.85. The van der Waals surface area contributed by atoms with Crippen molar-refractivity contribution in [2.24, 2.45) is 5.92 Å². The number of rotatable bonds is 6. The molecule has 2 aliphatic rings. The molecule has 1 saturated carbocycles. The predicted molar refractivity (Wildman–Crippen MR) is 126 cm³/mol. The van der Waals surface area contributed by atoms with Gasteiger partial charge in [0.15, 0.2) is 5.76 Å². The number of amides is 1. The summed E-state index contributed by atoms with van der Waals surface area (Å²) >= 11 is 0. The molecule has 170 valence electrons. The highest BCUT2D eigenvalue weighted by Crippen LogP contribution is 2.32. The zero-order chi connectivity index (χ0) is 23.0. The van der Waals surface area contributed by atoms with Crippen LogP contribution in [0.5, 0.6) is 0 Å². The van der Waals surface area contributed by atoms with E-state index in [9.17, 15) is 13.2 Å². The Morgan fingerprint density at radius 3 is 2.55 bits per heavy atom. The first kappa shape index (κ1) is 21.6. The van der Waals surface area contributed by atoms with Gasteiger partial charge in [-0.25, -0.2) is 8.42 Å². The number of benzene rings is 2. The molecule has 7 nitrogen and oxygen atoms in total. The smallest absolute Gasteiger partial charge is 0.243 e. The van der Waals surface area contributed by atoms with E-state index in [2.05, 4.69) is 16.5 Å². The third-order valence-corrected chi connectivity index (χ3v) is 7.99. The molecule has 0 spiro atoms. The van der Waals surface area contributed by atoms with E-state index >= 15 is 0 Å². The molecule has 1 N–H and O–H groups in total. The predicted octanol–water partition coefficient (Wildman–Crippen LogP) is 4.25. The highest BCUT2D eigenvalue weighted by Gasteiger charge is 2.31. The fourth-order valence-electron chi connectivity index (χ4n) is 3.97. The van der Waals surface area contributed by atoms with Gasteiger partial charge in [-0.05, 0) is 61.1 Å². The molecule has 0 atom stereocenters. The Hall–Kier alpha value is -3.23. The molecule has 0 radical (unpaired) electrons. The first-order valence-electron chi connectivity index (χ1n) is 11.0. The van der Waals surface area contributed by atoms with Crippen LogP contribution in [-0.2, 0) is 27.8 Å². The van der Waals surface area contributed by atoms with Gasteiger partial charge < -0.3 is 9.84 Å². The molecule has 1 fully saturated rings. The van der Waals surface area contributed by atoms with Crippen LogP contribution in [0.3, 0.4) is 0 Å². The summed E-state index contributed by atoms with van der Waals surface area (Å²) in [5.74, 6) is 0.537. The van der Waals surface area contributed by atoms with Crippen LogP contribution in [0.25, 0.3) is 12.2 Å². The maximum atomic E-state index is 13.1. The number of nitrogens with one attached hydrogen (secondary N) is 1. The quantitative estimate of drug-likeness (QED) is 0.590.